The van der Waals surface area contributed by atoms with Crippen LogP contribution < -0.4 is 5.32 Å². The second-order valence-corrected chi connectivity index (χ2v) is 8.32. The third kappa shape index (κ3) is 4.61. The Morgan fingerprint density at radius 1 is 1.00 bits per heavy atom. The van der Waals surface area contributed by atoms with E-state index in [1.165, 1.54) is 5.56 Å². The number of benzene rings is 2. The van der Waals surface area contributed by atoms with E-state index in [1.807, 2.05) is 42.2 Å². The molecule has 28 heavy (non-hydrogen) atoms. The van der Waals surface area contributed by atoms with E-state index in [0.29, 0.717) is 5.92 Å². The predicted molar refractivity (Wildman–Crippen MR) is 113 cm³/mol. The van der Waals surface area contributed by atoms with Gasteiger partial charge in [-0.1, -0.05) is 48.5 Å². The van der Waals surface area contributed by atoms with Gasteiger partial charge < -0.3 is 10.2 Å². The lowest BCUT2D eigenvalue weighted by Gasteiger charge is -2.36. The van der Waals surface area contributed by atoms with Crippen LogP contribution in [0.3, 0.4) is 0 Å². The molecule has 1 aliphatic rings. The largest absolute Gasteiger partial charge is 0.342 e. The molecular formula is C24H30N2O2. The van der Waals surface area contributed by atoms with E-state index < -0.39 is 5.41 Å². The van der Waals surface area contributed by atoms with E-state index in [0.717, 1.165) is 43.6 Å². The molecule has 1 N–H and O–H groups in total. The summed E-state index contributed by atoms with van der Waals surface area (Å²) >= 11 is 0. The van der Waals surface area contributed by atoms with Crippen molar-refractivity contribution in [3.8, 4) is 0 Å². The second kappa shape index (κ2) is 8.59. The maximum Gasteiger partial charge on any atom is 0.239 e. The van der Waals surface area contributed by atoms with Crippen LogP contribution in [0.15, 0.2) is 54.6 Å². The van der Waals surface area contributed by atoms with Gasteiger partial charge in [0, 0.05) is 18.8 Å². The number of piperidine rings is 1. The fraction of sp³-hybridized carbons (Fsp3) is 0.417. The van der Waals surface area contributed by atoms with E-state index in [4.69, 9.17) is 0 Å². The number of rotatable bonds is 5. The Morgan fingerprint density at radius 2 is 1.61 bits per heavy atom. The van der Waals surface area contributed by atoms with E-state index >= 15 is 0 Å². The van der Waals surface area contributed by atoms with Crippen molar-refractivity contribution in [1.29, 1.82) is 0 Å². The Hall–Kier alpha value is -2.62. The molecule has 2 aromatic carbocycles. The topological polar surface area (TPSA) is 49.4 Å². The Balaban J connectivity index is 1.57. The average molecular weight is 379 g/mol. The van der Waals surface area contributed by atoms with Crippen molar-refractivity contribution in [3.63, 3.8) is 0 Å². The van der Waals surface area contributed by atoms with Gasteiger partial charge in [-0.2, -0.15) is 0 Å². The minimum absolute atomic E-state index is 0.0863. The fourth-order valence-electron chi connectivity index (χ4n) is 3.77. The summed E-state index contributed by atoms with van der Waals surface area (Å²) in [6.07, 6.45) is 3.02. The Labute approximate surface area is 167 Å². The first-order chi connectivity index (χ1) is 13.4. The van der Waals surface area contributed by atoms with Crippen molar-refractivity contribution < 1.29 is 9.59 Å². The first-order valence-electron chi connectivity index (χ1n) is 10.1. The van der Waals surface area contributed by atoms with Crippen LogP contribution in [0.5, 0.6) is 0 Å². The van der Waals surface area contributed by atoms with Crippen LogP contribution in [0.2, 0.25) is 0 Å². The highest BCUT2D eigenvalue weighted by Gasteiger charge is 2.40. The van der Waals surface area contributed by atoms with Gasteiger partial charge in [0.25, 0.3) is 0 Å². The SMILES string of the molecule is Cc1ccccc1NC(=O)C(C)(C)C(=O)N1CCC(Cc2ccccc2)CC1. The van der Waals surface area contributed by atoms with Gasteiger partial charge in [0.15, 0.2) is 0 Å². The number of hydrogen-bond acceptors (Lipinski definition) is 2. The Kier molecular flexibility index (Phi) is 6.18. The van der Waals surface area contributed by atoms with E-state index in [9.17, 15) is 9.59 Å². The van der Waals surface area contributed by atoms with Crippen molar-refractivity contribution in [2.75, 3.05) is 18.4 Å². The van der Waals surface area contributed by atoms with Gasteiger partial charge in [0.1, 0.15) is 5.41 Å². The lowest BCUT2D eigenvalue weighted by atomic mass is 9.86. The number of nitrogens with one attached hydrogen (secondary N) is 1. The molecule has 0 bridgehead atoms. The molecule has 0 aliphatic carbocycles. The summed E-state index contributed by atoms with van der Waals surface area (Å²) < 4.78 is 0. The number of carbonyl (C=O) groups is 2. The summed E-state index contributed by atoms with van der Waals surface area (Å²) in [4.78, 5) is 27.7. The number of likely N-dealkylation sites (tertiary alicyclic amines) is 1. The molecule has 0 unspecified atom stereocenters. The minimum atomic E-state index is -1.09. The van der Waals surface area contributed by atoms with Crippen molar-refractivity contribution in [2.45, 2.75) is 40.0 Å². The zero-order valence-corrected chi connectivity index (χ0v) is 17.1. The average Bonchev–Trinajstić information content (AvgIpc) is 2.70. The summed E-state index contributed by atoms with van der Waals surface area (Å²) in [5, 5.41) is 2.93. The molecule has 148 valence electrons. The van der Waals surface area contributed by atoms with Gasteiger partial charge in [0.2, 0.25) is 11.8 Å². The number of anilines is 1. The third-order valence-electron chi connectivity index (χ3n) is 5.76. The molecule has 4 nitrogen and oxygen atoms in total. The number of carbonyl (C=O) groups excluding carboxylic acids is 2. The van der Waals surface area contributed by atoms with Gasteiger partial charge in [-0.15, -0.1) is 0 Å². The van der Waals surface area contributed by atoms with E-state index in [1.54, 1.807) is 13.8 Å². The van der Waals surface area contributed by atoms with Crippen molar-refractivity contribution in [1.82, 2.24) is 4.90 Å². The molecule has 0 saturated carbocycles. The van der Waals surface area contributed by atoms with E-state index in [2.05, 4.69) is 29.6 Å². The first kappa shape index (κ1) is 20.1. The van der Waals surface area contributed by atoms with Crippen molar-refractivity contribution >= 4 is 17.5 Å². The molecule has 1 aliphatic heterocycles. The van der Waals surface area contributed by atoms with E-state index in [-0.39, 0.29) is 11.8 Å². The minimum Gasteiger partial charge on any atom is -0.342 e. The summed E-state index contributed by atoms with van der Waals surface area (Å²) in [7, 11) is 0. The molecule has 0 atom stereocenters. The van der Waals surface area contributed by atoms with Crippen molar-refractivity contribution in [2.24, 2.45) is 11.3 Å². The van der Waals surface area contributed by atoms with Crippen molar-refractivity contribution in [3.05, 3.63) is 65.7 Å². The smallest absolute Gasteiger partial charge is 0.239 e. The molecule has 2 aromatic rings. The Morgan fingerprint density at radius 3 is 2.25 bits per heavy atom. The Bertz CT molecular complexity index is 822. The number of aryl methyl sites for hydroxylation is 1. The van der Waals surface area contributed by atoms with Gasteiger partial charge in [0.05, 0.1) is 0 Å². The standard InChI is InChI=1S/C24H30N2O2/c1-18-9-7-8-12-21(18)25-22(27)24(2,3)23(28)26-15-13-20(14-16-26)17-19-10-5-4-6-11-19/h4-12,20H,13-17H2,1-3H3,(H,25,27). The maximum atomic E-state index is 13.1. The predicted octanol–water partition coefficient (Wildman–Crippen LogP) is 4.44. The lowest BCUT2D eigenvalue weighted by molar-refractivity contribution is -0.147. The van der Waals surface area contributed by atoms with Crippen LogP contribution in [0.4, 0.5) is 5.69 Å². The summed E-state index contributed by atoms with van der Waals surface area (Å²) in [6.45, 7) is 6.83. The highest BCUT2D eigenvalue weighted by molar-refractivity contribution is 6.10. The zero-order valence-electron chi connectivity index (χ0n) is 17.1. The summed E-state index contributed by atoms with van der Waals surface area (Å²) in [6, 6.07) is 18.1. The molecule has 0 radical (unpaired) electrons. The van der Waals surface area contributed by atoms with Crippen LogP contribution in [0.1, 0.15) is 37.8 Å². The van der Waals surface area contributed by atoms with Crippen LogP contribution in [0.25, 0.3) is 0 Å². The molecule has 1 heterocycles. The highest BCUT2D eigenvalue weighted by atomic mass is 16.2. The molecule has 0 aromatic heterocycles. The number of nitrogens with zero attached hydrogens (tertiary/aromatic N) is 1. The quantitative estimate of drug-likeness (QED) is 0.782. The summed E-state index contributed by atoms with van der Waals surface area (Å²) in [5.41, 5.74) is 2.01. The molecule has 4 heteroatoms. The second-order valence-electron chi connectivity index (χ2n) is 8.32. The normalized spacial score (nSPS) is 15.3. The number of hydrogen-bond donors (Lipinski definition) is 1. The maximum absolute atomic E-state index is 13.1. The fourth-order valence-corrected chi connectivity index (χ4v) is 3.77. The highest BCUT2D eigenvalue weighted by Crippen LogP contribution is 2.28. The molecule has 1 saturated heterocycles. The van der Waals surface area contributed by atoms with Gasteiger partial charge in [-0.3, -0.25) is 9.59 Å². The van der Waals surface area contributed by atoms with Gasteiger partial charge in [-0.25, -0.2) is 0 Å². The molecular weight excluding hydrogens is 348 g/mol. The third-order valence-corrected chi connectivity index (χ3v) is 5.76. The zero-order chi connectivity index (χ0) is 20.1. The molecule has 1 fully saturated rings. The monoisotopic (exact) mass is 378 g/mol. The van der Waals surface area contributed by atoms with Crippen LogP contribution in [-0.2, 0) is 16.0 Å². The van der Waals surface area contributed by atoms with Gasteiger partial charge >= 0.3 is 0 Å². The van der Waals surface area contributed by atoms with Gasteiger partial charge in [-0.05, 0) is 63.1 Å². The molecule has 2 amide bonds. The lowest BCUT2D eigenvalue weighted by Crippen LogP contribution is -2.50. The molecule has 3 rings (SSSR count). The summed E-state index contributed by atoms with van der Waals surface area (Å²) in [5.74, 6) is 0.255. The van der Waals surface area contributed by atoms with Crippen LogP contribution in [0, 0.1) is 18.3 Å². The molecule has 0 spiro atoms. The first-order valence-corrected chi connectivity index (χ1v) is 10.1. The van der Waals surface area contributed by atoms with Crippen LogP contribution >= 0.6 is 0 Å². The van der Waals surface area contributed by atoms with Crippen LogP contribution in [-0.4, -0.2) is 29.8 Å². The number of para-hydroxylation sites is 1. The number of amides is 2.